The van der Waals surface area contributed by atoms with Gasteiger partial charge in [-0.25, -0.2) is 4.79 Å². The summed E-state index contributed by atoms with van der Waals surface area (Å²) in [5.74, 6) is -6.99. The molecule has 0 spiro atoms. The molecule has 3 atom stereocenters. The highest BCUT2D eigenvalue weighted by molar-refractivity contribution is 7.80. The molecule has 0 aliphatic rings. The van der Waals surface area contributed by atoms with E-state index >= 15 is 0 Å². The van der Waals surface area contributed by atoms with Crippen LogP contribution in [0.1, 0.15) is 19.3 Å². The van der Waals surface area contributed by atoms with Crippen LogP contribution in [0.25, 0.3) is 0 Å². The molecule has 0 bridgehead atoms. The molecule has 0 rings (SSSR count). The van der Waals surface area contributed by atoms with Crippen molar-refractivity contribution in [2.45, 2.75) is 37.4 Å². The third-order valence-electron chi connectivity index (χ3n) is 3.25. The van der Waals surface area contributed by atoms with Crippen molar-refractivity contribution in [1.29, 1.82) is 0 Å². The van der Waals surface area contributed by atoms with E-state index in [0.717, 1.165) is 0 Å². The van der Waals surface area contributed by atoms with Crippen molar-refractivity contribution >= 4 is 48.3 Å². The molecule has 0 radical (unpaired) electrons. The summed E-state index contributed by atoms with van der Waals surface area (Å²) >= 11 is 3.81. The second kappa shape index (κ2) is 12.5. The Labute approximate surface area is 164 Å². The van der Waals surface area contributed by atoms with Crippen LogP contribution in [0.3, 0.4) is 0 Å². The van der Waals surface area contributed by atoms with Crippen LogP contribution in [0, 0.1) is 0 Å². The van der Waals surface area contributed by atoms with Crippen LogP contribution in [0.4, 0.5) is 0 Å². The van der Waals surface area contributed by atoms with Gasteiger partial charge in [-0.1, -0.05) is 0 Å². The lowest BCUT2D eigenvalue weighted by molar-refractivity contribution is -0.144. The van der Waals surface area contributed by atoms with Crippen LogP contribution in [0.15, 0.2) is 0 Å². The van der Waals surface area contributed by atoms with E-state index in [1.165, 1.54) is 0 Å². The Balaban J connectivity index is 4.94. The highest BCUT2D eigenvalue weighted by atomic mass is 32.1. The molecule has 0 aromatic heterocycles. The molecule has 3 unspecified atom stereocenters. The van der Waals surface area contributed by atoms with Gasteiger partial charge in [0.2, 0.25) is 17.7 Å². The minimum absolute atomic E-state index is 0.0183. The average Bonchev–Trinajstić information content (AvgIpc) is 2.60. The van der Waals surface area contributed by atoms with Gasteiger partial charge in [-0.3, -0.25) is 24.0 Å². The summed E-state index contributed by atoms with van der Waals surface area (Å²) in [5, 5.41) is 32.7. The first kappa shape index (κ1) is 25.1. The first-order chi connectivity index (χ1) is 13.0. The normalized spacial score (nSPS) is 13.5. The first-order valence-electron chi connectivity index (χ1n) is 7.88. The van der Waals surface area contributed by atoms with Gasteiger partial charge in [0.05, 0.1) is 19.0 Å². The summed E-state index contributed by atoms with van der Waals surface area (Å²) in [6.07, 6.45) is -1.86. The number of aliphatic carboxylic acids is 3. The maximum Gasteiger partial charge on any atom is 0.326 e. The van der Waals surface area contributed by atoms with Crippen LogP contribution in [-0.4, -0.2) is 81.4 Å². The lowest BCUT2D eigenvalue weighted by Gasteiger charge is -2.20. The Morgan fingerprint density at radius 3 is 1.96 bits per heavy atom. The summed E-state index contributed by atoms with van der Waals surface area (Å²) in [5.41, 5.74) is 5.39. The van der Waals surface area contributed by atoms with Crippen LogP contribution < -0.4 is 21.7 Å². The molecule has 0 aliphatic heterocycles. The van der Waals surface area contributed by atoms with Gasteiger partial charge in [0, 0.05) is 12.2 Å². The number of hydrogen-bond acceptors (Lipinski definition) is 8. The van der Waals surface area contributed by atoms with Crippen molar-refractivity contribution in [3.05, 3.63) is 0 Å². The number of nitrogens with two attached hydrogens (primary N) is 1. The summed E-state index contributed by atoms with van der Waals surface area (Å²) in [7, 11) is 0. The van der Waals surface area contributed by atoms with Crippen molar-refractivity contribution in [3.8, 4) is 0 Å². The van der Waals surface area contributed by atoms with E-state index in [9.17, 15) is 28.8 Å². The predicted molar refractivity (Wildman–Crippen MR) is 95.5 cm³/mol. The Bertz CT molecular complexity index is 628. The number of hydrogen-bond donors (Lipinski definition) is 8. The van der Waals surface area contributed by atoms with E-state index in [-0.39, 0.29) is 5.75 Å². The fourth-order valence-corrected chi connectivity index (χ4v) is 1.97. The summed E-state index contributed by atoms with van der Waals surface area (Å²) < 4.78 is 0. The molecule has 13 nitrogen and oxygen atoms in total. The summed E-state index contributed by atoms with van der Waals surface area (Å²) in [6, 6.07) is -4.21. The number of rotatable bonds is 13. The Hall–Kier alpha value is -2.87. The van der Waals surface area contributed by atoms with Crippen molar-refractivity contribution in [3.63, 3.8) is 0 Å². The van der Waals surface area contributed by atoms with Gasteiger partial charge in [0.25, 0.3) is 0 Å². The number of amides is 3. The van der Waals surface area contributed by atoms with Crippen LogP contribution >= 0.6 is 12.6 Å². The Morgan fingerprint density at radius 1 is 0.893 bits per heavy atom. The minimum atomic E-state index is -1.65. The van der Waals surface area contributed by atoms with E-state index < -0.39 is 79.6 Å². The number of carboxylic acids is 3. The number of thiol groups is 1. The molecule has 0 fully saturated rings. The van der Waals surface area contributed by atoms with Gasteiger partial charge in [0.1, 0.15) is 12.1 Å². The number of carbonyl (C=O) groups excluding carboxylic acids is 3. The highest BCUT2D eigenvalue weighted by Crippen LogP contribution is 2.01. The SMILES string of the molecule is NC(CS)C(=O)NCC(=O)NC(CC(=O)O)C(=O)NC(CCC(=O)O)C(=O)O. The average molecular weight is 422 g/mol. The molecule has 14 heteroatoms. The fraction of sp³-hybridized carbons (Fsp3) is 0.571. The molecule has 8 N–H and O–H groups in total. The minimum Gasteiger partial charge on any atom is -0.481 e. The molecule has 158 valence electrons. The zero-order valence-corrected chi connectivity index (χ0v) is 15.5. The summed E-state index contributed by atoms with van der Waals surface area (Å²) in [6.45, 7) is -0.606. The molecule has 28 heavy (non-hydrogen) atoms. The largest absolute Gasteiger partial charge is 0.481 e. The lowest BCUT2D eigenvalue weighted by Crippen LogP contribution is -2.54. The molecule has 0 aliphatic carbocycles. The van der Waals surface area contributed by atoms with E-state index in [0.29, 0.717) is 0 Å². The van der Waals surface area contributed by atoms with E-state index in [1.807, 2.05) is 5.32 Å². The van der Waals surface area contributed by atoms with Crippen LogP contribution in [0.2, 0.25) is 0 Å². The number of carboxylic acid groups (broad SMARTS) is 3. The van der Waals surface area contributed by atoms with Gasteiger partial charge < -0.3 is 37.0 Å². The molecule has 0 saturated heterocycles. The van der Waals surface area contributed by atoms with Crippen molar-refractivity contribution in [1.82, 2.24) is 16.0 Å². The maximum atomic E-state index is 12.1. The van der Waals surface area contributed by atoms with Crippen LogP contribution in [-0.2, 0) is 28.8 Å². The van der Waals surface area contributed by atoms with Crippen LogP contribution in [0.5, 0.6) is 0 Å². The van der Waals surface area contributed by atoms with Gasteiger partial charge >= 0.3 is 17.9 Å². The Morgan fingerprint density at radius 2 is 1.50 bits per heavy atom. The van der Waals surface area contributed by atoms with Gasteiger partial charge in [-0.2, -0.15) is 12.6 Å². The molecule has 3 amide bonds. The quantitative estimate of drug-likeness (QED) is 0.138. The zero-order valence-electron chi connectivity index (χ0n) is 14.6. The third kappa shape index (κ3) is 10.3. The summed E-state index contributed by atoms with van der Waals surface area (Å²) in [4.78, 5) is 68.0. The predicted octanol–water partition coefficient (Wildman–Crippen LogP) is -3.25. The highest BCUT2D eigenvalue weighted by Gasteiger charge is 2.28. The molecular weight excluding hydrogens is 400 g/mol. The maximum absolute atomic E-state index is 12.1. The van der Waals surface area contributed by atoms with E-state index in [4.69, 9.17) is 21.1 Å². The Kier molecular flexibility index (Phi) is 11.2. The molecule has 0 aromatic rings. The van der Waals surface area contributed by atoms with Gasteiger partial charge in [0.15, 0.2) is 0 Å². The van der Waals surface area contributed by atoms with Gasteiger partial charge in [-0.05, 0) is 6.42 Å². The number of carbonyl (C=O) groups is 6. The van der Waals surface area contributed by atoms with E-state index in [1.54, 1.807) is 0 Å². The smallest absolute Gasteiger partial charge is 0.326 e. The number of nitrogens with one attached hydrogen (secondary N) is 3. The molecule has 0 saturated carbocycles. The van der Waals surface area contributed by atoms with Crippen molar-refractivity contribution < 1.29 is 44.1 Å². The van der Waals surface area contributed by atoms with Gasteiger partial charge in [-0.15, -0.1) is 0 Å². The second-order valence-electron chi connectivity index (χ2n) is 5.56. The second-order valence-corrected chi connectivity index (χ2v) is 5.92. The lowest BCUT2D eigenvalue weighted by atomic mass is 10.1. The zero-order chi connectivity index (χ0) is 21.9. The third-order valence-corrected chi connectivity index (χ3v) is 3.64. The van der Waals surface area contributed by atoms with Crippen molar-refractivity contribution in [2.24, 2.45) is 5.73 Å². The topological polar surface area (TPSA) is 225 Å². The first-order valence-corrected chi connectivity index (χ1v) is 8.51. The van der Waals surface area contributed by atoms with Crippen molar-refractivity contribution in [2.75, 3.05) is 12.3 Å². The molecule has 0 aromatic carbocycles. The standard InChI is InChI=1S/C14H22N4O9S/c15-6(5-28)12(24)16-4-9(19)17-8(3-11(22)23)13(25)18-7(14(26)27)1-2-10(20)21/h6-8,28H,1-5,15H2,(H,16,24)(H,17,19)(H,18,25)(H,20,21)(H,22,23)(H,26,27). The molecule has 0 heterocycles. The fourth-order valence-electron chi connectivity index (χ4n) is 1.81. The monoisotopic (exact) mass is 422 g/mol. The van der Waals surface area contributed by atoms with E-state index in [2.05, 4.69) is 23.3 Å². The molecular formula is C14H22N4O9S.